The molecule has 4 rings (SSSR count). The molecule has 1 aromatic carbocycles. The molecule has 0 radical (unpaired) electrons. The molecule has 25 heavy (non-hydrogen) atoms. The third-order valence-corrected chi connectivity index (χ3v) is 5.21. The van der Waals surface area contributed by atoms with E-state index in [1.165, 1.54) is 11.1 Å². The second-order valence-corrected chi connectivity index (χ2v) is 6.67. The normalized spacial score (nSPS) is 18.6. The maximum absolute atomic E-state index is 13.1. The topological polar surface area (TPSA) is 80.1 Å². The second-order valence-electron chi connectivity index (χ2n) is 6.67. The fourth-order valence-electron chi connectivity index (χ4n) is 3.79. The summed E-state index contributed by atoms with van der Waals surface area (Å²) in [7, 11) is 1.59. The van der Waals surface area contributed by atoms with Crippen LogP contribution in [0.15, 0.2) is 18.2 Å². The fourth-order valence-corrected chi connectivity index (χ4v) is 3.79. The minimum atomic E-state index is -0.562. The van der Waals surface area contributed by atoms with Gasteiger partial charge in [0, 0.05) is 12.6 Å². The van der Waals surface area contributed by atoms with E-state index in [1.54, 1.807) is 11.9 Å². The Bertz CT molecular complexity index is 857. The molecule has 1 aliphatic carbocycles. The summed E-state index contributed by atoms with van der Waals surface area (Å²) in [6, 6.07) is 5.34. The summed E-state index contributed by atoms with van der Waals surface area (Å²) in [5, 5.41) is 10.9. The molecule has 0 saturated heterocycles. The van der Waals surface area contributed by atoms with Gasteiger partial charge in [0.05, 0.1) is 13.1 Å². The van der Waals surface area contributed by atoms with Gasteiger partial charge in [0.2, 0.25) is 5.91 Å². The van der Waals surface area contributed by atoms with Gasteiger partial charge in [-0.3, -0.25) is 9.59 Å². The molecular weight excluding hydrogens is 318 g/mol. The van der Waals surface area contributed by atoms with Crippen molar-refractivity contribution in [2.24, 2.45) is 0 Å². The number of nitrogens with zero attached hydrogens (tertiary/aromatic N) is 4. The first-order chi connectivity index (χ1) is 12.1. The van der Waals surface area contributed by atoms with Gasteiger partial charge in [-0.2, -0.15) is 0 Å². The van der Waals surface area contributed by atoms with Crippen molar-refractivity contribution in [3.05, 3.63) is 46.5 Å². The summed E-state index contributed by atoms with van der Waals surface area (Å²) in [5.74, 6) is 1.17. The molecule has 1 aromatic heterocycles. The van der Waals surface area contributed by atoms with Crippen LogP contribution in [-0.4, -0.2) is 44.6 Å². The summed E-state index contributed by atoms with van der Waals surface area (Å²) in [6.07, 6.45) is 3.24. The number of carbonyl (C=O) groups is 2. The molecule has 1 aliphatic heterocycles. The van der Waals surface area contributed by atoms with E-state index in [1.807, 2.05) is 29.7 Å². The third kappa shape index (κ3) is 2.59. The maximum atomic E-state index is 13.1. The number of carbonyl (C=O) groups excluding carboxylic acids is 2. The van der Waals surface area contributed by atoms with Crippen LogP contribution >= 0.6 is 0 Å². The highest BCUT2D eigenvalue weighted by Gasteiger charge is 2.36. The van der Waals surface area contributed by atoms with E-state index in [9.17, 15) is 9.59 Å². The van der Waals surface area contributed by atoms with Crippen molar-refractivity contribution in [2.45, 2.75) is 45.3 Å². The summed E-state index contributed by atoms with van der Waals surface area (Å²) < 4.78 is 1.91. The SMILES string of the molecule is CNC(=O)C1Cn2c(C)nnc2CN1C(=O)c1ccc2c(c1)CCC2. The average molecular weight is 339 g/mol. The Labute approximate surface area is 146 Å². The van der Waals surface area contributed by atoms with Crippen LogP contribution in [0, 0.1) is 6.92 Å². The highest BCUT2D eigenvalue weighted by molar-refractivity contribution is 5.98. The molecule has 0 spiro atoms. The first-order valence-electron chi connectivity index (χ1n) is 8.61. The lowest BCUT2D eigenvalue weighted by molar-refractivity contribution is -0.126. The van der Waals surface area contributed by atoms with Crippen LogP contribution in [0.25, 0.3) is 0 Å². The highest BCUT2D eigenvalue weighted by Crippen LogP contribution is 2.25. The zero-order valence-corrected chi connectivity index (χ0v) is 14.5. The van der Waals surface area contributed by atoms with Gasteiger partial charge >= 0.3 is 0 Å². The first kappa shape index (κ1) is 15.8. The van der Waals surface area contributed by atoms with E-state index in [2.05, 4.69) is 15.5 Å². The number of fused-ring (bicyclic) bond motifs is 2. The van der Waals surface area contributed by atoms with Crippen molar-refractivity contribution < 1.29 is 9.59 Å². The standard InChI is InChI=1S/C18H21N5O2/c1-11-20-21-16-10-23(15(9-22(11)16)17(24)19-2)18(25)14-7-6-12-4-3-5-13(12)8-14/h6-8,15H,3-5,9-10H2,1-2H3,(H,19,24). The Kier molecular flexibility index (Phi) is 3.78. The Morgan fingerprint density at radius 2 is 2.00 bits per heavy atom. The third-order valence-electron chi connectivity index (χ3n) is 5.21. The van der Waals surface area contributed by atoms with Gasteiger partial charge in [-0.05, 0) is 49.4 Å². The number of aromatic nitrogens is 3. The molecule has 7 heteroatoms. The van der Waals surface area contributed by atoms with Gasteiger partial charge in [0.25, 0.3) is 5.91 Å². The minimum Gasteiger partial charge on any atom is -0.357 e. The number of nitrogens with one attached hydrogen (secondary N) is 1. The second kappa shape index (κ2) is 5.98. The molecular formula is C18H21N5O2. The molecule has 2 heterocycles. The molecule has 0 fully saturated rings. The summed E-state index contributed by atoms with van der Waals surface area (Å²) in [6.45, 7) is 2.52. The Hall–Kier alpha value is -2.70. The average Bonchev–Trinajstić information content (AvgIpc) is 3.25. The number of hydrogen-bond donors (Lipinski definition) is 1. The molecule has 0 bridgehead atoms. The number of aryl methyl sites for hydroxylation is 3. The van der Waals surface area contributed by atoms with Gasteiger partial charge in [0.15, 0.2) is 5.82 Å². The molecule has 1 atom stereocenters. The molecule has 1 N–H and O–H groups in total. The lowest BCUT2D eigenvalue weighted by Gasteiger charge is -2.35. The monoisotopic (exact) mass is 339 g/mol. The molecule has 2 amide bonds. The zero-order valence-electron chi connectivity index (χ0n) is 14.5. The summed E-state index contributed by atoms with van der Waals surface area (Å²) in [4.78, 5) is 27.1. The summed E-state index contributed by atoms with van der Waals surface area (Å²) >= 11 is 0. The van der Waals surface area contributed by atoms with Gasteiger partial charge in [-0.15, -0.1) is 10.2 Å². The van der Waals surface area contributed by atoms with E-state index < -0.39 is 6.04 Å². The molecule has 7 nitrogen and oxygen atoms in total. The molecule has 2 aromatic rings. The van der Waals surface area contributed by atoms with Crippen molar-refractivity contribution in [1.82, 2.24) is 25.0 Å². The molecule has 0 saturated carbocycles. The van der Waals surface area contributed by atoms with Crippen LogP contribution in [0.3, 0.4) is 0 Å². The van der Waals surface area contributed by atoms with Gasteiger partial charge in [-0.25, -0.2) is 0 Å². The number of likely N-dealkylation sites (N-methyl/N-ethyl adjacent to an activating group) is 1. The molecule has 130 valence electrons. The van der Waals surface area contributed by atoms with Crippen molar-refractivity contribution in [2.75, 3.05) is 7.05 Å². The van der Waals surface area contributed by atoms with Crippen LogP contribution in [0.5, 0.6) is 0 Å². The Morgan fingerprint density at radius 3 is 2.80 bits per heavy atom. The van der Waals surface area contributed by atoms with E-state index in [0.29, 0.717) is 17.9 Å². The number of amides is 2. The predicted octanol–water partition coefficient (Wildman–Crippen LogP) is 0.846. The van der Waals surface area contributed by atoms with Gasteiger partial charge in [0.1, 0.15) is 11.9 Å². The van der Waals surface area contributed by atoms with Crippen LogP contribution in [-0.2, 0) is 30.7 Å². The van der Waals surface area contributed by atoms with E-state index in [0.717, 1.165) is 25.1 Å². The van der Waals surface area contributed by atoms with E-state index >= 15 is 0 Å². The van der Waals surface area contributed by atoms with E-state index in [4.69, 9.17) is 0 Å². The van der Waals surface area contributed by atoms with Crippen molar-refractivity contribution >= 4 is 11.8 Å². The molecule has 1 unspecified atom stereocenters. The first-order valence-corrected chi connectivity index (χ1v) is 8.61. The minimum absolute atomic E-state index is 0.129. The number of rotatable bonds is 2. The number of benzene rings is 1. The zero-order chi connectivity index (χ0) is 17.6. The van der Waals surface area contributed by atoms with Crippen LogP contribution in [0.1, 0.15) is 39.6 Å². The van der Waals surface area contributed by atoms with Crippen molar-refractivity contribution in [3.8, 4) is 0 Å². The Balaban J connectivity index is 1.68. The van der Waals surface area contributed by atoms with Crippen molar-refractivity contribution in [1.29, 1.82) is 0 Å². The van der Waals surface area contributed by atoms with Crippen LogP contribution in [0.2, 0.25) is 0 Å². The predicted molar refractivity (Wildman–Crippen MR) is 91.0 cm³/mol. The van der Waals surface area contributed by atoms with Crippen LogP contribution in [0.4, 0.5) is 0 Å². The fraction of sp³-hybridized carbons (Fsp3) is 0.444. The lowest BCUT2D eigenvalue weighted by Crippen LogP contribution is -2.53. The molecule has 2 aliphatic rings. The summed E-state index contributed by atoms with van der Waals surface area (Å²) in [5.41, 5.74) is 3.21. The lowest BCUT2D eigenvalue weighted by atomic mass is 10.0. The smallest absolute Gasteiger partial charge is 0.255 e. The van der Waals surface area contributed by atoms with E-state index in [-0.39, 0.29) is 18.4 Å². The number of hydrogen-bond acceptors (Lipinski definition) is 4. The quantitative estimate of drug-likeness (QED) is 0.879. The Morgan fingerprint density at radius 1 is 1.20 bits per heavy atom. The maximum Gasteiger partial charge on any atom is 0.255 e. The van der Waals surface area contributed by atoms with Gasteiger partial charge < -0.3 is 14.8 Å². The largest absolute Gasteiger partial charge is 0.357 e. The van der Waals surface area contributed by atoms with Crippen LogP contribution < -0.4 is 5.32 Å². The van der Waals surface area contributed by atoms with Gasteiger partial charge in [-0.1, -0.05) is 6.07 Å². The van der Waals surface area contributed by atoms with Crippen molar-refractivity contribution in [3.63, 3.8) is 0 Å². The highest BCUT2D eigenvalue weighted by atomic mass is 16.2.